The number of carboxylic acid groups (broad SMARTS) is 1. The Labute approximate surface area is 113 Å². The molecule has 0 radical (unpaired) electrons. The smallest absolute Gasteiger partial charge is 0.342 e. The van der Waals surface area contributed by atoms with Crippen molar-refractivity contribution in [1.29, 1.82) is 0 Å². The molecule has 4 N–H and O–H groups in total. The van der Waals surface area contributed by atoms with Crippen LogP contribution in [0, 0.1) is 10.1 Å². The van der Waals surface area contributed by atoms with Crippen LogP contribution in [0.25, 0.3) is 0 Å². The Bertz CT molecular complexity index is 629. The molecule has 0 aliphatic rings. The third-order valence-electron chi connectivity index (χ3n) is 2.22. The maximum atomic E-state index is 10.9. The molecule has 0 amide bonds. The van der Waals surface area contributed by atoms with Crippen LogP contribution in [0.15, 0.2) is 12.3 Å². The van der Waals surface area contributed by atoms with E-state index < -0.39 is 32.2 Å². The van der Waals surface area contributed by atoms with Crippen LogP contribution in [0.3, 0.4) is 0 Å². The number of nitrogens with zero attached hydrogens (tertiary/aromatic N) is 2. The number of aromatic carboxylic acids is 1. The van der Waals surface area contributed by atoms with Crippen molar-refractivity contribution >= 4 is 27.5 Å². The van der Waals surface area contributed by atoms with E-state index in [0.29, 0.717) is 0 Å². The Hall–Kier alpha value is -2.27. The van der Waals surface area contributed by atoms with Crippen LogP contribution in [0.1, 0.15) is 16.8 Å². The van der Waals surface area contributed by atoms with E-state index in [0.717, 1.165) is 12.3 Å². The molecule has 0 unspecified atom stereocenters. The molecular weight excluding hydrogens is 292 g/mol. The number of pyridine rings is 1. The fraction of sp³-hybridized carbons (Fsp3) is 0.333. The Morgan fingerprint density at radius 2 is 2.20 bits per heavy atom. The molecule has 20 heavy (non-hydrogen) atoms. The minimum absolute atomic E-state index is 0.0995. The molecule has 1 aromatic rings. The zero-order valence-electron chi connectivity index (χ0n) is 10.1. The average Bonchev–Trinajstić information content (AvgIpc) is 2.33. The third kappa shape index (κ3) is 4.78. The number of anilines is 1. The van der Waals surface area contributed by atoms with Crippen molar-refractivity contribution in [2.75, 3.05) is 17.6 Å². The number of hydrogen-bond donors (Lipinski definition) is 3. The normalized spacial score (nSPS) is 11.1. The summed E-state index contributed by atoms with van der Waals surface area (Å²) in [6, 6.07) is 1.01. The molecule has 0 spiro atoms. The number of aromatic nitrogens is 1. The molecule has 0 saturated carbocycles. The molecule has 1 rings (SSSR count). The van der Waals surface area contributed by atoms with Crippen molar-refractivity contribution in [2.45, 2.75) is 6.42 Å². The molecule has 11 heteroatoms. The highest BCUT2D eigenvalue weighted by molar-refractivity contribution is 7.89. The van der Waals surface area contributed by atoms with Gasteiger partial charge in [-0.25, -0.2) is 23.3 Å². The van der Waals surface area contributed by atoms with Crippen LogP contribution in [0.2, 0.25) is 0 Å². The third-order valence-corrected chi connectivity index (χ3v) is 3.08. The molecule has 10 nitrogen and oxygen atoms in total. The first kappa shape index (κ1) is 15.8. The standard InChI is InChI=1S/C9H12N4O6S/c10-20(18,19)3-1-2-11-8-4-6(9(14)15)7(5-12-8)13(16)17/h4-5H,1-3H2,(H,11,12)(H,14,15)(H2,10,18,19). The van der Waals surface area contributed by atoms with Gasteiger partial charge in [0.05, 0.1) is 10.7 Å². The van der Waals surface area contributed by atoms with E-state index in [1.54, 1.807) is 0 Å². The van der Waals surface area contributed by atoms with Crippen LogP contribution in [-0.4, -0.2) is 41.7 Å². The van der Waals surface area contributed by atoms with Gasteiger partial charge in [0.2, 0.25) is 10.0 Å². The molecule has 1 aromatic heterocycles. The van der Waals surface area contributed by atoms with Gasteiger partial charge in [0.15, 0.2) is 0 Å². The Kier molecular flexibility index (Phi) is 4.94. The van der Waals surface area contributed by atoms with Gasteiger partial charge in [0.25, 0.3) is 0 Å². The van der Waals surface area contributed by atoms with E-state index in [9.17, 15) is 23.3 Å². The fourth-order valence-corrected chi connectivity index (χ4v) is 1.90. The van der Waals surface area contributed by atoms with E-state index in [1.807, 2.05) is 0 Å². The van der Waals surface area contributed by atoms with E-state index in [4.69, 9.17) is 10.2 Å². The number of rotatable bonds is 7. The Morgan fingerprint density at radius 1 is 1.55 bits per heavy atom. The maximum absolute atomic E-state index is 10.9. The van der Waals surface area contributed by atoms with Gasteiger partial charge in [0, 0.05) is 12.6 Å². The molecule has 110 valence electrons. The minimum atomic E-state index is -3.56. The largest absolute Gasteiger partial charge is 0.477 e. The predicted molar refractivity (Wildman–Crippen MR) is 68.9 cm³/mol. The summed E-state index contributed by atoms with van der Waals surface area (Å²) in [5.41, 5.74) is -1.12. The summed E-state index contributed by atoms with van der Waals surface area (Å²) >= 11 is 0. The molecule has 0 saturated heterocycles. The summed E-state index contributed by atoms with van der Waals surface area (Å²) in [6.07, 6.45) is 1.02. The van der Waals surface area contributed by atoms with Gasteiger partial charge < -0.3 is 10.4 Å². The van der Waals surface area contributed by atoms with Gasteiger partial charge in [-0.1, -0.05) is 0 Å². The number of primary sulfonamides is 1. The molecule has 0 aliphatic carbocycles. The summed E-state index contributed by atoms with van der Waals surface area (Å²) in [5.74, 6) is -1.59. The first-order chi connectivity index (χ1) is 9.20. The second-order valence-corrected chi connectivity index (χ2v) is 5.53. The van der Waals surface area contributed by atoms with Gasteiger partial charge in [-0.2, -0.15) is 0 Å². The second-order valence-electron chi connectivity index (χ2n) is 3.80. The molecule has 0 atom stereocenters. The molecule has 0 aliphatic heterocycles. The lowest BCUT2D eigenvalue weighted by Gasteiger charge is -2.06. The summed E-state index contributed by atoms with van der Waals surface area (Å²) in [5, 5.41) is 26.9. The number of nitrogens with one attached hydrogen (secondary N) is 1. The quantitative estimate of drug-likeness (QED) is 0.353. The zero-order valence-corrected chi connectivity index (χ0v) is 11.0. The summed E-state index contributed by atoms with van der Waals surface area (Å²) < 4.78 is 21.4. The summed E-state index contributed by atoms with van der Waals surface area (Å²) in [7, 11) is -3.56. The van der Waals surface area contributed by atoms with E-state index in [2.05, 4.69) is 10.3 Å². The van der Waals surface area contributed by atoms with E-state index >= 15 is 0 Å². The van der Waals surface area contributed by atoms with Crippen molar-refractivity contribution in [3.63, 3.8) is 0 Å². The van der Waals surface area contributed by atoms with E-state index in [1.165, 1.54) is 0 Å². The lowest BCUT2D eigenvalue weighted by Crippen LogP contribution is -2.19. The topological polar surface area (TPSA) is 166 Å². The van der Waals surface area contributed by atoms with E-state index in [-0.39, 0.29) is 24.5 Å². The second kappa shape index (κ2) is 6.25. The lowest BCUT2D eigenvalue weighted by atomic mass is 10.2. The van der Waals surface area contributed by atoms with Crippen LogP contribution < -0.4 is 10.5 Å². The van der Waals surface area contributed by atoms with Crippen LogP contribution >= 0.6 is 0 Å². The first-order valence-electron chi connectivity index (χ1n) is 5.33. The SMILES string of the molecule is NS(=O)(=O)CCCNc1cc(C(=O)O)c([N+](=O)[O-])cn1. The van der Waals surface area contributed by atoms with Gasteiger partial charge in [-0.05, 0) is 6.42 Å². The highest BCUT2D eigenvalue weighted by atomic mass is 32.2. The van der Waals surface area contributed by atoms with Gasteiger partial charge in [-0.3, -0.25) is 10.1 Å². The Morgan fingerprint density at radius 3 is 2.70 bits per heavy atom. The molecular formula is C9H12N4O6S. The van der Waals surface area contributed by atoms with Gasteiger partial charge >= 0.3 is 11.7 Å². The number of carboxylic acids is 1. The summed E-state index contributed by atoms with van der Waals surface area (Å²) in [6.45, 7) is 0.181. The van der Waals surface area contributed by atoms with Gasteiger partial charge in [-0.15, -0.1) is 0 Å². The number of sulfonamides is 1. The van der Waals surface area contributed by atoms with Crippen LogP contribution in [-0.2, 0) is 10.0 Å². The lowest BCUT2D eigenvalue weighted by molar-refractivity contribution is -0.385. The van der Waals surface area contributed by atoms with Crippen molar-refractivity contribution in [3.8, 4) is 0 Å². The van der Waals surface area contributed by atoms with Crippen molar-refractivity contribution in [3.05, 3.63) is 27.9 Å². The predicted octanol–water partition coefficient (Wildman–Crippen LogP) is -0.221. The molecule has 0 aromatic carbocycles. The number of carbonyl (C=O) groups is 1. The van der Waals surface area contributed by atoms with Crippen LogP contribution in [0.5, 0.6) is 0 Å². The minimum Gasteiger partial charge on any atom is -0.477 e. The fourth-order valence-electron chi connectivity index (χ4n) is 1.35. The van der Waals surface area contributed by atoms with Crippen LogP contribution in [0.4, 0.5) is 11.5 Å². The van der Waals surface area contributed by atoms with Gasteiger partial charge in [0.1, 0.15) is 17.6 Å². The van der Waals surface area contributed by atoms with Crippen molar-refractivity contribution < 1.29 is 23.2 Å². The zero-order chi connectivity index (χ0) is 15.3. The Balaban J connectivity index is 2.75. The number of nitro groups is 1. The van der Waals surface area contributed by atoms with Crippen molar-refractivity contribution in [1.82, 2.24) is 4.98 Å². The number of hydrogen-bond acceptors (Lipinski definition) is 7. The monoisotopic (exact) mass is 304 g/mol. The molecule has 1 heterocycles. The summed E-state index contributed by atoms with van der Waals surface area (Å²) in [4.78, 5) is 24.3. The highest BCUT2D eigenvalue weighted by Crippen LogP contribution is 2.20. The molecule has 0 fully saturated rings. The first-order valence-corrected chi connectivity index (χ1v) is 7.04. The average molecular weight is 304 g/mol. The highest BCUT2D eigenvalue weighted by Gasteiger charge is 2.20. The molecule has 0 bridgehead atoms. The number of nitrogens with two attached hydrogens (primary N) is 1. The maximum Gasteiger partial charge on any atom is 0.342 e. The van der Waals surface area contributed by atoms with Crippen molar-refractivity contribution in [2.24, 2.45) is 5.14 Å².